The Balaban J connectivity index is 3.02. The third-order valence-electron chi connectivity index (χ3n) is 1.54. The zero-order valence-electron chi connectivity index (χ0n) is 8.05. The van der Waals surface area contributed by atoms with Crippen LogP contribution in [0.25, 0.3) is 0 Å². The summed E-state index contributed by atoms with van der Waals surface area (Å²) in [7, 11) is -3.65. The van der Waals surface area contributed by atoms with Crippen LogP contribution in [0.4, 0.5) is 0 Å². The third kappa shape index (κ3) is 3.52. The van der Waals surface area contributed by atoms with E-state index in [-0.39, 0.29) is 9.92 Å². The summed E-state index contributed by atoms with van der Waals surface area (Å²) in [6.07, 6.45) is 0. The number of benzene rings is 1. The molecule has 0 aliphatic heterocycles. The maximum Gasteiger partial charge on any atom is 0.284 e. The average Bonchev–Trinajstić information content (AvgIpc) is 2.18. The monoisotopic (exact) mass is 263 g/mol. The molecule has 0 fully saturated rings. The van der Waals surface area contributed by atoms with Gasteiger partial charge in [-0.3, -0.25) is 0 Å². The Bertz CT molecular complexity index is 457. The van der Waals surface area contributed by atoms with E-state index in [0.717, 1.165) is 5.75 Å². The molecule has 0 saturated heterocycles. The quantitative estimate of drug-likeness (QED) is 0.620. The number of sulfonamides is 1. The van der Waals surface area contributed by atoms with Crippen molar-refractivity contribution >= 4 is 38.9 Å². The van der Waals surface area contributed by atoms with Crippen molar-refractivity contribution in [3.63, 3.8) is 0 Å². The summed E-state index contributed by atoms with van der Waals surface area (Å²) in [5.74, 6) is 0.779. The fourth-order valence-corrected chi connectivity index (χ4v) is 2.82. The van der Waals surface area contributed by atoms with E-state index >= 15 is 0 Å². The molecule has 15 heavy (non-hydrogen) atoms. The van der Waals surface area contributed by atoms with Crippen LogP contribution in [0.3, 0.4) is 0 Å². The van der Waals surface area contributed by atoms with Crippen LogP contribution < -0.4 is 0 Å². The number of hydrogen-bond donors (Lipinski definition) is 0. The predicted octanol–water partition coefficient (Wildman–Crippen LogP) is 2.81. The van der Waals surface area contributed by atoms with Crippen molar-refractivity contribution in [2.45, 2.75) is 11.8 Å². The Kier molecular flexibility index (Phi) is 4.63. The van der Waals surface area contributed by atoms with Gasteiger partial charge in [-0.05, 0) is 17.9 Å². The molecular weight excluding hydrogens is 254 g/mol. The lowest BCUT2D eigenvalue weighted by atomic mass is 10.4. The molecule has 0 saturated carbocycles. The summed E-state index contributed by atoms with van der Waals surface area (Å²) in [6.45, 7) is 1.92. The molecule has 3 nitrogen and oxygen atoms in total. The number of nitrogens with zero attached hydrogens (tertiary/aromatic N) is 1. The zero-order chi connectivity index (χ0) is 11.3. The summed E-state index contributed by atoms with van der Waals surface area (Å²) >= 11 is 7.08. The first-order valence-electron chi connectivity index (χ1n) is 4.23. The fourth-order valence-electron chi connectivity index (χ4n) is 0.872. The van der Waals surface area contributed by atoms with Gasteiger partial charge in [0.15, 0.2) is 0 Å². The molecule has 0 heterocycles. The number of hydrogen-bond acceptors (Lipinski definition) is 3. The van der Waals surface area contributed by atoms with Crippen molar-refractivity contribution < 1.29 is 8.42 Å². The van der Waals surface area contributed by atoms with Crippen LogP contribution in [0.2, 0.25) is 5.02 Å². The summed E-state index contributed by atoms with van der Waals surface area (Å²) in [6, 6.07) is 6.25. The molecule has 82 valence electrons. The van der Waals surface area contributed by atoms with Gasteiger partial charge in [-0.1, -0.05) is 30.7 Å². The maximum atomic E-state index is 11.6. The highest BCUT2D eigenvalue weighted by Crippen LogP contribution is 2.22. The van der Waals surface area contributed by atoms with E-state index in [1.807, 2.05) is 6.92 Å². The molecular formula is C9H10ClNO2S2. The molecule has 0 spiro atoms. The molecule has 0 unspecified atom stereocenters. The topological polar surface area (TPSA) is 46.5 Å². The lowest BCUT2D eigenvalue weighted by molar-refractivity contribution is 0.598. The van der Waals surface area contributed by atoms with E-state index < -0.39 is 10.0 Å². The Morgan fingerprint density at radius 2 is 2.13 bits per heavy atom. The van der Waals surface area contributed by atoms with Gasteiger partial charge in [-0.15, -0.1) is 11.8 Å². The largest absolute Gasteiger partial charge is 0.284 e. The van der Waals surface area contributed by atoms with Crippen LogP contribution in [0.5, 0.6) is 0 Å². The van der Waals surface area contributed by atoms with E-state index in [9.17, 15) is 8.42 Å². The van der Waals surface area contributed by atoms with Crippen molar-refractivity contribution in [3.8, 4) is 0 Å². The molecule has 1 aromatic carbocycles. The Labute approximate surface area is 98.6 Å². The lowest BCUT2D eigenvalue weighted by Gasteiger charge is -1.99. The van der Waals surface area contributed by atoms with Crippen LogP contribution in [-0.4, -0.2) is 19.7 Å². The lowest BCUT2D eigenvalue weighted by Crippen LogP contribution is -1.97. The zero-order valence-corrected chi connectivity index (χ0v) is 10.4. The van der Waals surface area contributed by atoms with E-state index in [1.54, 1.807) is 12.1 Å². The summed E-state index contributed by atoms with van der Waals surface area (Å²) in [4.78, 5) is 0.0413. The van der Waals surface area contributed by atoms with Crippen molar-refractivity contribution in [2.24, 2.45) is 4.40 Å². The van der Waals surface area contributed by atoms with Gasteiger partial charge < -0.3 is 0 Å². The smallest absolute Gasteiger partial charge is 0.199 e. The molecule has 0 aromatic heterocycles. The second kappa shape index (κ2) is 5.53. The number of thioether (sulfide) groups is 1. The van der Waals surface area contributed by atoms with Gasteiger partial charge in [0.25, 0.3) is 10.0 Å². The van der Waals surface area contributed by atoms with Crippen molar-refractivity contribution in [2.75, 3.05) is 5.75 Å². The van der Waals surface area contributed by atoms with E-state index in [2.05, 4.69) is 4.40 Å². The van der Waals surface area contributed by atoms with Gasteiger partial charge in [0.1, 0.15) is 4.90 Å². The third-order valence-corrected chi connectivity index (χ3v) is 4.00. The summed E-state index contributed by atoms with van der Waals surface area (Å²) in [5.41, 5.74) is 1.32. The van der Waals surface area contributed by atoms with Gasteiger partial charge in [0.05, 0.1) is 10.6 Å². The van der Waals surface area contributed by atoms with E-state index in [1.165, 1.54) is 29.4 Å². The Hall–Kier alpha value is -0.520. The first-order valence-corrected chi connectivity index (χ1v) is 7.09. The highest BCUT2D eigenvalue weighted by molar-refractivity contribution is 8.12. The van der Waals surface area contributed by atoms with Gasteiger partial charge >= 0.3 is 0 Å². The van der Waals surface area contributed by atoms with Crippen molar-refractivity contribution in [1.82, 2.24) is 0 Å². The maximum absolute atomic E-state index is 11.6. The van der Waals surface area contributed by atoms with Crippen LogP contribution in [-0.2, 0) is 10.0 Å². The second-order valence-electron chi connectivity index (χ2n) is 2.57. The first kappa shape index (κ1) is 12.5. The van der Waals surface area contributed by atoms with Gasteiger partial charge in [-0.2, -0.15) is 12.8 Å². The molecule has 6 heteroatoms. The molecule has 0 atom stereocenters. The molecule has 1 rings (SSSR count). The van der Waals surface area contributed by atoms with Crippen LogP contribution in [0.1, 0.15) is 6.92 Å². The Morgan fingerprint density at radius 1 is 1.47 bits per heavy atom. The second-order valence-corrected chi connectivity index (χ2v) is 5.70. The van der Waals surface area contributed by atoms with Crippen LogP contribution in [0, 0.1) is 0 Å². The van der Waals surface area contributed by atoms with Gasteiger partial charge in [0.2, 0.25) is 0 Å². The highest BCUT2D eigenvalue weighted by Gasteiger charge is 2.14. The van der Waals surface area contributed by atoms with Gasteiger partial charge in [0, 0.05) is 0 Å². The Morgan fingerprint density at radius 3 is 2.73 bits per heavy atom. The molecule has 0 amide bonds. The normalized spacial score (nSPS) is 12.1. The molecule has 0 N–H and O–H groups in total. The molecule has 1 aromatic rings. The van der Waals surface area contributed by atoms with Crippen LogP contribution in [0.15, 0.2) is 33.6 Å². The summed E-state index contributed by atoms with van der Waals surface area (Å²) < 4.78 is 26.8. The first-order chi connectivity index (χ1) is 7.08. The van der Waals surface area contributed by atoms with Crippen LogP contribution >= 0.6 is 23.4 Å². The minimum absolute atomic E-state index is 0.0413. The number of rotatable bonds is 4. The van der Waals surface area contributed by atoms with Crippen molar-refractivity contribution in [3.05, 3.63) is 29.3 Å². The highest BCUT2D eigenvalue weighted by atomic mass is 35.5. The minimum atomic E-state index is -3.65. The van der Waals surface area contributed by atoms with E-state index in [4.69, 9.17) is 11.6 Å². The SMILES string of the molecule is CCSC=NS(=O)(=O)c1ccccc1Cl. The average molecular weight is 264 g/mol. The molecule has 0 aliphatic rings. The summed E-state index contributed by atoms with van der Waals surface area (Å²) in [5, 5.41) is 0.191. The number of halogens is 1. The molecule has 0 bridgehead atoms. The van der Waals surface area contributed by atoms with E-state index in [0.29, 0.717) is 0 Å². The molecule has 0 aliphatic carbocycles. The predicted molar refractivity (Wildman–Crippen MR) is 65.3 cm³/mol. The van der Waals surface area contributed by atoms with Crippen molar-refractivity contribution in [1.29, 1.82) is 0 Å². The standard InChI is InChI=1S/C9H10ClNO2S2/c1-2-14-7-11-15(12,13)9-6-4-3-5-8(9)10/h3-7H,2H2,1H3. The minimum Gasteiger partial charge on any atom is -0.199 e. The van der Waals surface area contributed by atoms with Gasteiger partial charge in [-0.25, -0.2) is 0 Å². The molecule has 0 radical (unpaired) electrons. The fraction of sp³-hybridized carbons (Fsp3) is 0.222.